The number of benzene rings is 2. The third kappa shape index (κ3) is 2.33. The molecule has 0 radical (unpaired) electrons. The fourth-order valence-electron chi connectivity index (χ4n) is 6.35. The van der Waals surface area contributed by atoms with Crippen LogP contribution in [0.25, 0.3) is 6.08 Å². The van der Waals surface area contributed by atoms with E-state index >= 15 is 0 Å². The Bertz CT molecular complexity index is 1100. The van der Waals surface area contributed by atoms with Crippen LogP contribution in [0.2, 0.25) is 0 Å². The van der Waals surface area contributed by atoms with Gasteiger partial charge < -0.3 is 9.84 Å². The van der Waals surface area contributed by atoms with E-state index in [9.17, 15) is 9.59 Å². The number of carbonyl (C=O) groups excluding carboxylic acids is 1. The van der Waals surface area contributed by atoms with E-state index in [4.69, 9.17) is 9.84 Å². The number of allylic oxidation sites excluding steroid dienone is 1. The molecule has 2 bridgehead atoms. The van der Waals surface area contributed by atoms with Crippen molar-refractivity contribution in [1.82, 2.24) is 0 Å². The van der Waals surface area contributed by atoms with Crippen molar-refractivity contribution in [1.29, 1.82) is 0 Å². The van der Waals surface area contributed by atoms with Gasteiger partial charge >= 0.3 is 5.97 Å². The van der Waals surface area contributed by atoms with E-state index in [0.29, 0.717) is 11.5 Å². The van der Waals surface area contributed by atoms with Gasteiger partial charge in [-0.15, -0.1) is 0 Å². The van der Waals surface area contributed by atoms with Gasteiger partial charge in [-0.3, -0.25) is 4.79 Å². The molecule has 2 aromatic rings. The minimum absolute atomic E-state index is 0.0642. The third-order valence-electron chi connectivity index (χ3n) is 8.43. The van der Waals surface area contributed by atoms with Crippen LogP contribution in [0.3, 0.4) is 0 Å². The summed E-state index contributed by atoms with van der Waals surface area (Å²) in [7, 11) is 0. The van der Waals surface area contributed by atoms with Gasteiger partial charge in [-0.1, -0.05) is 32.1 Å². The van der Waals surface area contributed by atoms with Crippen LogP contribution < -0.4 is 4.74 Å². The lowest BCUT2D eigenvalue weighted by Gasteiger charge is -2.48. The molecule has 0 saturated heterocycles. The number of carboxylic acids is 1. The lowest BCUT2D eigenvalue weighted by Crippen LogP contribution is -2.54. The third-order valence-corrected chi connectivity index (χ3v) is 8.43. The summed E-state index contributed by atoms with van der Waals surface area (Å²) in [6.45, 7) is 6.96. The maximum Gasteiger partial charge on any atom is 0.335 e. The van der Waals surface area contributed by atoms with E-state index in [1.165, 1.54) is 37.0 Å². The Morgan fingerprint density at radius 3 is 2.47 bits per heavy atom. The molecule has 4 atom stereocenters. The first-order valence-electron chi connectivity index (χ1n) is 10.6. The monoisotopic (exact) mass is 402 g/mol. The van der Waals surface area contributed by atoms with E-state index in [2.05, 4.69) is 20.8 Å². The van der Waals surface area contributed by atoms with Gasteiger partial charge in [0, 0.05) is 16.5 Å². The minimum atomic E-state index is -0.961. The maximum atomic E-state index is 12.9. The Morgan fingerprint density at radius 2 is 1.77 bits per heavy atom. The first-order chi connectivity index (χ1) is 14.2. The number of rotatable bonds is 4. The molecule has 3 aliphatic rings. The summed E-state index contributed by atoms with van der Waals surface area (Å²) in [5, 5.41) is 9.00. The molecule has 30 heavy (non-hydrogen) atoms. The van der Waals surface area contributed by atoms with Crippen molar-refractivity contribution in [2.45, 2.75) is 51.0 Å². The van der Waals surface area contributed by atoms with Crippen LogP contribution in [0.15, 0.2) is 48.5 Å². The highest BCUT2D eigenvalue weighted by atomic mass is 16.5. The Kier molecular flexibility index (Phi) is 3.86. The molecule has 2 fully saturated rings. The van der Waals surface area contributed by atoms with Gasteiger partial charge in [-0.2, -0.15) is 0 Å². The summed E-state index contributed by atoms with van der Waals surface area (Å²) in [6.07, 6.45) is 6.88. The minimum Gasteiger partial charge on any atom is -0.486 e. The number of ketones is 1. The zero-order valence-corrected chi connectivity index (χ0v) is 17.6. The van der Waals surface area contributed by atoms with Crippen molar-refractivity contribution in [3.05, 3.63) is 70.8 Å². The predicted octanol–water partition coefficient (Wildman–Crippen LogP) is 5.51. The number of ether oxygens (including phenoxy) is 1. The average molecular weight is 402 g/mol. The number of aromatic carboxylic acids is 1. The first-order valence-corrected chi connectivity index (χ1v) is 10.6. The molecular formula is C26H26O4. The summed E-state index contributed by atoms with van der Waals surface area (Å²) in [5.41, 5.74) is 2.75. The topological polar surface area (TPSA) is 63.6 Å². The molecule has 2 aromatic carbocycles. The maximum absolute atomic E-state index is 12.9. The summed E-state index contributed by atoms with van der Waals surface area (Å²) >= 11 is 0. The fourth-order valence-corrected chi connectivity index (χ4v) is 6.35. The average Bonchev–Trinajstić information content (AvgIpc) is 3.30. The van der Waals surface area contributed by atoms with Crippen LogP contribution in [0.1, 0.15) is 71.9 Å². The van der Waals surface area contributed by atoms with Gasteiger partial charge in [0.05, 0.1) is 5.56 Å². The van der Waals surface area contributed by atoms with Gasteiger partial charge in [-0.05, 0) is 79.5 Å². The molecule has 5 rings (SSSR count). The second-order valence-electron chi connectivity index (χ2n) is 9.67. The molecule has 2 aliphatic carbocycles. The summed E-state index contributed by atoms with van der Waals surface area (Å²) in [4.78, 5) is 23.9. The highest BCUT2D eigenvalue weighted by molar-refractivity contribution is 6.07. The van der Waals surface area contributed by atoms with Gasteiger partial charge in [0.1, 0.15) is 11.4 Å². The van der Waals surface area contributed by atoms with Gasteiger partial charge in [-0.25, -0.2) is 4.79 Å². The van der Waals surface area contributed by atoms with E-state index in [1.54, 1.807) is 24.3 Å². The molecule has 1 heterocycles. The van der Waals surface area contributed by atoms with Crippen LogP contribution in [-0.2, 0) is 5.41 Å². The van der Waals surface area contributed by atoms with E-state index in [-0.39, 0.29) is 27.8 Å². The van der Waals surface area contributed by atoms with E-state index in [1.807, 2.05) is 18.2 Å². The molecule has 4 nitrogen and oxygen atoms in total. The van der Waals surface area contributed by atoms with Crippen LogP contribution >= 0.6 is 0 Å². The van der Waals surface area contributed by atoms with Crippen molar-refractivity contribution in [2.24, 2.45) is 11.3 Å². The molecule has 1 N–H and O–H groups in total. The Morgan fingerprint density at radius 1 is 1.07 bits per heavy atom. The molecule has 1 aliphatic heterocycles. The first kappa shape index (κ1) is 19.1. The number of fused-ring (bicyclic) bond motifs is 7. The molecule has 0 aromatic heterocycles. The van der Waals surface area contributed by atoms with Crippen molar-refractivity contribution in [3.63, 3.8) is 0 Å². The lowest BCUT2D eigenvalue weighted by atomic mass is 9.56. The largest absolute Gasteiger partial charge is 0.486 e. The number of hydrogen-bond acceptors (Lipinski definition) is 3. The molecule has 2 saturated carbocycles. The fraction of sp³-hybridized carbons (Fsp3) is 0.385. The van der Waals surface area contributed by atoms with Crippen LogP contribution in [0.4, 0.5) is 0 Å². The van der Waals surface area contributed by atoms with Crippen molar-refractivity contribution in [2.75, 3.05) is 0 Å². The SMILES string of the molecule is CC12CCC(C1)C1(C)Oc3ccc(C(=O)/C=C/c4ccc(C(=O)O)cc4)cc3C21C. The van der Waals surface area contributed by atoms with Crippen molar-refractivity contribution < 1.29 is 19.4 Å². The Hall–Kier alpha value is -2.88. The summed E-state index contributed by atoms with van der Waals surface area (Å²) < 4.78 is 6.54. The molecule has 154 valence electrons. The summed E-state index contributed by atoms with van der Waals surface area (Å²) in [5.74, 6) is 0.456. The lowest BCUT2D eigenvalue weighted by molar-refractivity contribution is -0.0260. The van der Waals surface area contributed by atoms with Gasteiger partial charge in [0.25, 0.3) is 0 Å². The van der Waals surface area contributed by atoms with Gasteiger partial charge in [0.15, 0.2) is 5.78 Å². The number of hydrogen-bond donors (Lipinski definition) is 1. The molecule has 0 spiro atoms. The molecular weight excluding hydrogens is 376 g/mol. The number of carbonyl (C=O) groups is 2. The predicted molar refractivity (Wildman–Crippen MR) is 115 cm³/mol. The highest BCUT2D eigenvalue weighted by Crippen LogP contribution is 2.73. The van der Waals surface area contributed by atoms with Gasteiger partial charge in [0.2, 0.25) is 0 Å². The zero-order chi connectivity index (χ0) is 21.3. The summed E-state index contributed by atoms with van der Waals surface area (Å²) in [6, 6.07) is 12.3. The second-order valence-corrected chi connectivity index (χ2v) is 9.67. The smallest absolute Gasteiger partial charge is 0.335 e. The second kappa shape index (κ2) is 6.07. The highest BCUT2D eigenvalue weighted by Gasteiger charge is 2.73. The molecule has 0 amide bonds. The number of carboxylic acid groups (broad SMARTS) is 1. The standard InChI is InChI=1S/C26H26O4/c1-24-13-12-19(15-24)26(3)25(24,2)20-14-18(9-11-22(20)30-26)21(27)10-6-16-4-7-17(8-5-16)23(28)29/h4-11,14,19H,12-13,15H2,1-3H3,(H,28,29)/b10-6+. The molecule has 4 heteroatoms. The molecule has 4 unspecified atom stereocenters. The van der Waals surface area contributed by atoms with Crippen molar-refractivity contribution >= 4 is 17.8 Å². The van der Waals surface area contributed by atoms with Crippen molar-refractivity contribution in [3.8, 4) is 5.75 Å². The van der Waals surface area contributed by atoms with E-state index in [0.717, 1.165) is 11.3 Å². The van der Waals surface area contributed by atoms with E-state index < -0.39 is 5.97 Å². The normalized spacial score (nSPS) is 33.4. The quantitative estimate of drug-likeness (QED) is 0.541. The zero-order valence-electron chi connectivity index (χ0n) is 17.6. The van der Waals surface area contributed by atoms with Crippen LogP contribution in [0, 0.1) is 11.3 Å². The van der Waals surface area contributed by atoms with Crippen LogP contribution in [0.5, 0.6) is 5.75 Å². The van der Waals surface area contributed by atoms with Crippen LogP contribution in [-0.4, -0.2) is 22.5 Å². The Labute approximate surface area is 176 Å². The Balaban J connectivity index is 1.44.